The summed E-state index contributed by atoms with van der Waals surface area (Å²) in [5.74, 6) is -0.464. The Balaban J connectivity index is 2.29. The van der Waals surface area contributed by atoms with Gasteiger partial charge in [0, 0.05) is 23.7 Å². The molecule has 0 amide bonds. The zero-order valence-electron chi connectivity index (χ0n) is 11.1. The predicted molar refractivity (Wildman–Crippen MR) is 76.4 cm³/mol. The second-order valence-corrected chi connectivity index (χ2v) is 5.73. The molecule has 1 aliphatic rings. The number of rotatable bonds is 3. The molecule has 1 aliphatic heterocycles. The first-order chi connectivity index (χ1) is 9.01. The van der Waals surface area contributed by atoms with Gasteiger partial charge in [-0.25, -0.2) is 4.39 Å². The van der Waals surface area contributed by atoms with Gasteiger partial charge in [-0.3, -0.25) is 0 Å². The van der Waals surface area contributed by atoms with Crippen LogP contribution >= 0.6 is 23.2 Å². The van der Waals surface area contributed by atoms with Crippen LogP contribution in [-0.4, -0.2) is 18.7 Å². The molecule has 0 bridgehead atoms. The van der Waals surface area contributed by atoms with Crippen molar-refractivity contribution in [2.75, 3.05) is 13.1 Å². The molecule has 1 saturated heterocycles. The number of morpholine rings is 1. The van der Waals surface area contributed by atoms with E-state index in [-0.39, 0.29) is 16.7 Å². The lowest BCUT2D eigenvalue weighted by molar-refractivity contribution is -0.122. The molecule has 1 fully saturated rings. The molecule has 1 aromatic rings. The van der Waals surface area contributed by atoms with Gasteiger partial charge in [-0.05, 0) is 25.0 Å². The van der Waals surface area contributed by atoms with Gasteiger partial charge in [-0.2, -0.15) is 0 Å². The molecule has 0 radical (unpaired) electrons. The zero-order valence-corrected chi connectivity index (χ0v) is 12.6. The molecular weight excluding hydrogens is 288 g/mol. The third kappa shape index (κ3) is 3.05. The van der Waals surface area contributed by atoms with Crippen LogP contribution in [0.2, 0.25) is 10.0 Å². The maximum atomic E-state index is 13.6. The summed E-state index contributed by atoms with van der Waals surface area (Å²) in [7, 11) is 0. The second kappa shape index (κ2) is 5.96. The second-order valence-electron chi connectivity index (χ2n) is 4.92. The van der Waals surface area contributed by atoms with Crippen LogP contribution in [0.5, 0.6) is 0 Å². The lowest BCUT2D eigenvalue weighted by Crippen LogP contribution is -2.50. The fourth-order valence-corrected chi connectivity index (χ4v) is 2.95. The standard InChI is InChI=1S/C14H18Cl2FNO/c1-3-14(4-2)8-18-7-13(19-14)9-5-12(17)11(16)6-10(9)15/h5-6,13,18H,3-4,7-8H2,1-2H3. The highest BCUT2D eigenvalue weighted by molar-refractivity contribution is 6.35. The Bertz CT molecular complexity index is 463. The lowest BCUT2D eigenvalue weighted by atomic mass is 9.93. The molecule has 2 rings (SSSR count). The summed E-state index contributed by atoms with van der Waals surface area (Å²) in [6, 6.07) is 2.81. The van der Waals surface area contributed by atoms with E-state index in [4.69, 9.17) is 27.9 Å². The van der Waals surface area contributed by atoms with Gasteiger partial charge in [-0.15, -0.1) is 0 Å². The fourth-order valence-electron chi connectivity index (χ4n) is 2.44. The zero-order chi connectivity index (χ0) is 14.0. The van der Waals surface area contributed by atoms with E-state index in [1.54, 1.807) is 0 Å². The first-order valence-electron chi connectivity index (χ1n) is 6.54. The Morgan fingerprint density at radius 3 is 2.63 bits per heavy atom. The van der Waals surface area contributed by atoms with Crippen molar-refractivity contribution in [2.24, 2.45) is 0 Å². The summed E-state index contributed by atoms with van der Waals surface area (Å²) in [4.78, 5) is 0. The van der Waals surface area contributed by atoms with Crippen molar-refractivity contribution in [3.63, 3.8) is 0 Å². The molecule has 1 aromatic carbocycles. The SMILES string of the molecule is CCC1(CC)CNCC(c2cc(F)c(Cl)cc2Cl)O1. The summed E-state index contributed by atoms with van der Waals surface area (Å²) in [6.45, 7) is 5.63. The Kier molecular flexibility index (Phi) is 4.72. The molecule has 0 aliphatic carbocycles. The van der Waals surface area contributed by atoms with E-state index < -0.39 is 5.82 Å². The normalized spacial score (nSPS) is 22.5. The fraction of sp³-hybridized carbons (Fsp3) is 0.571. The van der Waals surface area contributed by atoms with Crippen LogP contribution in [0.25, 0.3) is 0 Å². The van der Waals surface area contributed by atoms with Crippen molar-refractivity contribution >= 4 is 23.2 Å². The molecule has 0 aromatic heterocycles. The van der Waals surface area contributed by atoms with E-state index >= 15 is 0 Å². The number of ether oxygens (including phenoxy) is 1. The molecule has 5 heteroatoms. The van der Waals surface area contributed by atoms with Crippen LogP contribution < -0.4 is 5.32 Å². The highest BCUT2D eigenvalue weighted by atomic mass is 35.5. The minimum atomic E-state index is -0.464. The summed E-state index contributed by atoms with van der Waals surface area (Å²) in [5.41, 5.74) is 0.449. The molecule has 1 unspecified atom stereocenters. The molecule has 0 spiro atoms. The van der Waals surface area contributed by atoms with Crippen molar-refractivity contribution in [1.82, 2.24) is 5.32 Å². The summed E-state index contributed by atoms with van der Waals surface area (Å²) >= 11 is 11.9. The molecule has 106 valence electrons. The van der Waals surface area contributed by atoms with E-state index in [2.05, 4.69) is 19.2 Å². The average Bonchev–Trinajstić information content (AvgIpc) is 2.43. The van der Waals surface area contributed by atoms with Crippen LogP contribution in [0.1, 0.15) is 38.4 Å². The van der Waals surface area contributed by atoms with E-state index in [9.17, 15) is 4.39 Å². The van der Waals surface area contributed by atoms with Crippen LogP contribution in [0.3, 0.4) is 0 Å². The molecule has 19 heavy (non-hydrogen) atoms. The molecule has 1 heterocycles. The quantitative estimate of drug-likeness (QED) is 0.838. The molecule has 0 saturated carbocycles. The third-order valence-corrected chi connectivity index (χ3v) is 4.46. The Morgan fingerprint density at radius 2 is 2.00 bits per heavy atom. The van der Waals surface area contributed by atoms with Crippen molar-refractivity contribution in [2.45, 2.75) is 38.4 Å². The van der Waals surface area contributed by atoms with Gasteiger partial charge >= 0.3 is 0 Å². The first-order valence-corrected chi connectivity index (χ1v) is 7.30. The topological polar surface area (TPSA) is 21.3 Å². The third-order valence-electron chi connectivity index (χ3n) is 3.84. The minimum absolute atomic E-state index is 0.0368. The van der Waals surface area contributed by atoms with Gasteiger partial charge in [0.2, 0.25) is 0 Å². The van der Waals surface area contributed by atoms with Crippen molar-refractivity contribution in [3.8, 4) is 0 Å². The van der Waals surface area contributed by atoms with E-state index in [0.29, 0.717) is 17.1 Å². The maximum absolute atomic E-state index is 13.6. The number of nitrogens with one attached hydrogen (secondary N) is 1. The predicted octanol–water partition coefficient (Wildman–Crippen LogP) is 4.35. The average molecular weight is 306 g/mol. The van der Waals surface area contributed by atoms with E-state index in [0.717, 1.165) is 19.4 Å². The molecule has 2 nitrogen and oxygen atoms in total. The van der Waals surface area contributed by atoms with Crippen LogP contribution in [0, 0.1) is 5.82 Å². The minimum Gasteiger partial charge on any atom is -0.364 e. The largest absolute Gasteiger partial charge is 0.364 e. The Morgan fingerprint density at radius 1 is 1.32 bits per heavy atom. The smallest absolute Gasteiger partial charge is 0.142 e. The van der Waals surface area contributed by atoms with Crippen molar-refractivity contribution in [3.05, 3.63) is 33.6 Å². The molecular formula is C14H18Cl2FNO. The number of halogens is 3. The van der Waals surface area contributed by atoms with Gasteiger partial charge in [0.15, 0.2) is 0 Å². The van der Waals surface area contributed by atoms with E-state index in [1.165, 1.54) is 12.1 Å². The number of hydrogen-bond donors (Lipinski definition) is 1. The molecule has 1 atom stereocenters. The van der Waals surface area contributed by atoms with Crippen LogP contribution in [-0.2, 0) is 4.74 Å². The monoisotopic (exact) mass is 305 g/mol. The molecule has 1 N–H and O–H groups in total. The summed E-state index contributed by atoms with van der Waals surface area (Å²) in [5, 5.41) is 3.83. The Hall–Kier alpha value is -0.350. The van der Waals surface area contributed by atoms with Crippen molar-refractivity contribution in [1.29, 1.82) is 0 Å². The summed E-state index contributed by atoms with van der Waals surface area (Å²) < 4.78 is 19.8. The van der Waals surface area contributed by atoms with Crippen LogP contribution in [0.15, 0.2) is 12.1 Å². The van der Waals surface area contributed by atoms with E-state index in [1.807, 2.05) is 0 Å². The first kappa shape index (κ1) is 15.0. The maximum Gasteiger partial charge on any atom is 0.142 e. The number of hydrogen-bond acceptors (Lipinski definition) is 2. The van der Waals surface area contributed by atoms with Gasteiger partial charge in [0.05, 0.1) is 16.7 Å². The van der Waals surface area contributed by atoms with Crippen molar-refractivity contribution < 1.29 is 9.13 Å². The summed E-state index contributed by atoms with van der Waals surface area (Å²) in [6.07, 6.45) is 1.56. The van der Waals surface area contributed by atoms with Crippen LogP contribution in [0.4, 0.5) is 4.39 Å². The Labute approximate surface area is 123 Å². The highest BCUT2D eigenvalue weighted by Crippen LogP contribution is 2.36. The van der Waals surface area contributed by atoms with Gasteiger partial charge < -0.3 is 10.1 Å². The number of benzene rings is 1. The van der Waals surface area contributed by atoms with Gasteiger partial charge in [0.25, 0.3) is 0 Å². The lowest BCUT2D eigenvalue weighted by Gasteiger charge is -2.41. The van der Waals surface area contributed by atoms with Gasteiger partial charge in [0.1, 0.15) is 5.82 Å². The van der Waals surface area contributed by atoms with Gasteiger partial charge in [-0.1, -0.05) is 37.0 Å². The highest BCUT2D eigenvalue weighted by Gasteiger charge is 2.35.